The second-order valence-corrected chi connectivity index (χ2v) is 1.77. The van der Waals surface area contributed by atoms with Crippen LogP contribution in [-0.2, 0) is 4.94 Å². The van der Waals surface area contributed by atoms with Gasteiger partial charge in [0.15, 0.2) is 0 Å². The van der Waals surface area contributed by atoms with Gasteiger partial charge in [-0.25, -0.2) is 4.99 Å². The molecule has 1 N–H and O–H groups in total. The van der Waals surface area contributed by atoms with Crippen LogP contribution in [0.3, 0.4) is 0 Å². The summed E-state index contributed by atoms with van der Waals surface area (Å²) in [7, 11) is 0. The lowest BCUT2D eigenvalue weighted by Crippen LogP contribution is -2.10. The molecule has 2 rings (SSSR count). The van der Waals surface area contributed by atoms with E-state index in [1.807, 2.05) is 6.08 Å². The molecule has 0 spiro atoms. The van der Waals surface area contributed by atoms with Gasteiger partial charge in [0.1, 0.15) is 5.70 Å². The van der Waals surface area contributed by atoms with Crippen LogP contribution < -0.4 is 5.48 Å². The van der Waals surface area contributed by atoms with Crippen molar-refractivity contribution in [2.24, 2.45) is 10.1 Å². The summed E-state index contributed by atoms with van der Waals surface area (Å²) in [4.78, 5) is 8.51. The quantitative estimate of drug-likeness (QED) is 0.500. The summed E-state index contributed by atoms with van der Waals surface area (Å²) in [5.41, 5.74) is 3.47. The van der Waals surface area contributed by atoms with E-state index in [1.54, 1.807) is 6.21 Å². The number of hydroxylamine groups is 1. The van der Waals surface area contributed by atoms with Crippen molar-refractivity contribution < 1.29 is 4.94 Å². The molecule has 4 nitrogen and oxygen atoms in total. The number of nitrogens with zero attached hydrogens (tertiary/aromatic N) is 2. The highest BCUT2D eigenvalue weighted by Gasteiger charge is 2.14. The van der Waals surface area contributed by atoms with Gasteiger partial charge in [-0.1, -0.05) is 0 Å². The van der Waals surface area contributed by atoms with Gasteiger partial charge in [0.25, 0.3) is 0 Å². The molecule has 0 aromatic rings. The average Bonchev–Trinajstić information content (AvgIpc) is 2.33. The number of rotatable bonds is 0. The molecule has 0 saturated carbocycles. The van der Waals surface area contributed by atoms with Crippen LogP contribution in [0, 0.1) is 0 Å². The molecule has 0 atom stereocenters. The molecular formula is C5H5N3O. The summed E-state index contributed by atoms with van der Waals surface area (Å²) >= 11 is 0. The highest BCUT2D eigenvalue weighted by Crippen LogP contribution is 2.07. The van der Waals surface area contributed by atoms with Crippen molar-refractivity contribution in [3.05, 3.63) is 11.8 Å². The highest BCUT2D eigenvalue weighted by atomic mass is 16.8. The lowest BCUT2D eigenvalue weighted by Gasteiger charge is -1.97. The first-order valence-corrected chi connectivity index (χ1v) is 2.70. The summed E-state index contributed by atoms with van der Waals surface area (Å²) in [6.07, 6.45) is 4.61. The highest BCUT2D eigenvalue weighted by molar-refractivity contribution is 6.04. The first-order chi connectivity index (χ1) is 4.47. The van der Waals surface area contributed by atoms with Crippen LogP contribution in [0.15, 0.2) is 21.9 Å². The van der Waals surface area contributed by atoms with Gasteiger partial charge in [0, 0.05) is 12.6 Å². The van der Waals surface area contributed by atoms with E-state index in [9.17, 15) is 0 Å². The molecule has 0 radical (unpaired) electrons. The summed E-state index contributed by atoms with van der Waals surface area (Å²) < 4.78 is 0. The number of hydrogen-bond acceptors (Lipinski definition) is 4. The zero-order valence-corrected chi connectivity index (χ0v) is 4.66. The number of nitrogens with one attached hydrogen (secondary N) is 1. The molecule has 9 heavy (non-hydrogen) atoms. The normalized spacial score (nSPS) is 21.3. The molecule has 2 heterocycles. The second kappa shape index (κ2) is 1.58. The van der Waals surface area contributed by atoms with Crippen LogP contribution in [0.25, 0.3) is 0 Å². The van der Waals surface area contributed by atoms with Gasteiger partial charge in [-0.2, -0.15) is 5.48 Å². The Kier molecular flexibility index (Phi) is 0.798. The van der Waals surface area contributed by atoms with Gasteiger partial charge < -0.3 is 0 Å². The van der Waals surface area contributed by atoms with Gasteiger partial charge >= 0.3 is 0 Å². The van der Waals surface area contributed by atoms with Crippen LogP contribution in [0.2, 0.25) is 0 Å². The van der Waals surface area contributed by atoms with E-state index in [0.717, 1.165) is 12.1 Å². The van der Waals surface area contributed by atoms with Crippen molar-refractivity contribution in [2.45, 2.75) is 6.42 Å². The summed E-state index contributed by atoms with van der Waals surface area (Å²) in [6, 6.07) is 0. The third kappa shape index (κ3) is 0.595. The van der Waals surface area contributed by atoms with E-state index >= 15 is 0 Å². The summed E-state index contributed by atoms with van der Waals surface area (Å²) in [6.45, 7) is 0. The minimum absolute atomic E-state index is 0.640. The Hall–Kier alpha value is -1.32. The average molecular weight is 123 g/mol. The van der Waals surface area contributed by atoms with Crippen LogP contribution in [-0.4, -0.2) is 12.1 Å². The fourth-order valence-corrected chi connectivity index (χ4v) is 0.746. The van der Waals surface area contributed by atoms with Gasteiger partial charge in [-0.05, 0) is 11.2 Å². The van der Waals surface area contributed by atoms with Crippen LogP contribution in [0.4, 0.5) is 0 Å². The minimum Gasteiger partial charge on any atom is -0.268 e. The fourth-order valence-electron chi connectivity index (χ4n) is 0.746. The SMILES string of the molecule is C1=NC2=NONC2=CC1. The topological polar surface area (TPSA) is 46.0 Å². The zero-order valence-electron chi connectivity index (χ0n) is 4.66. The maximum absolute atomic E-state index is 4.55. The number of fused-ring (bicyclic) bond motifs is 1. The Bertz CT molecular complexity index is 216. The Morgan fingerprint density at radius 1 is 1.67 bits per heavy atom. The molecule has 2 aliphatic heterocycles. The van der Waals surface area contributed by atoms with Gasteiger partial charge in [-0.3, -0.25) is 4.94 Å². The first-order valence-electron chi connectivity index (χ1n) is 2.70. The third-order valence-corrected chi connectivity index (χ3v) is 1.17. The summed E-state index contributed by atoms with van der Waals surface area (Å²) in [5, 5.41) is 3.60. The lowest BCUT2D eigenvalue weighted by atomic mass is 10.3. The van der Waals surface area contributed by atoms with E-state index in [4.69, 9.17) is 0 Å². The number of oxime groups is 1. The van der Waals surface area contributed by atoms with E-state index in [1.165, 1.54) is 0 Å². The lowest BCUT2D eigenvalue weighted by molar-refractivity contribution is 0.0904. The molecular weight excluding hydrogens is 118 g/mol. The number of allylic oxidation sites excluding steroid dienone is 1. The Morgan fingerprint density at radius 2 is 2.67 bits per heavy atom. The van der Waals surface area contributed by atoms with Crippen molar-refractivity contribution in [3.8, 4) is 0 Å². The molecule has 0 bridgehead atoms. The molecule has 0 aliphatic carbocycles. The predicted octanol–water partition coefficient (Wildman–Crippen LogP) is 0.193. The van der Waals surface area contributed by atoms with E-state index in [2.05, 4.69) is 20.6 Å². The molecule has 0 saturated heterocycles. The van der Waals surface area contributed by atoms with Gasteiger partial charge in [0.2, 0.25) is 5.84 Å². The number of amidine groups is 1. The van der Waals surface area contributed by atoms with Gasteiger partial charge in [0.05, 0.1) is 0 Å². The van der Waals surface area contributed by atoms with Gasteiger partial charge in [-0.15, -0.1) is 0 Å². The molecule has 46 valence electrons. The van der Waals surface area contributed by atoms with E-state index < -0.39 is 0 Å². The third-order valence-electron chi connectivity index (χ3n) is 1.17. The Morgan fingerprint density at radius 3 is 3.56 bits per heavy atom. The largest absolute Gasteiger partial charge is 0.268 e. The molecule has 0 amide bonds. The van der Waals surface area contributed by atoms with Crippen LogP contribution >= 0.6 is 0 Å². The van der Waals surface area contributed by atoms with Crippen molar-refractivity contribution >= 4 is 12.1 Å². The molecule has 2 aliphatic rings. The maximum Gasteiger partial charge on any atom is 0.220 e. The van der Waals surface area contributed by atoms with Crippen molar-refractivity contribution in [3.63, 3.8) is 0 Å². The second-order valence-electron chi connectivity index (χ2n) is 1.77. The van der Waals surface area contributed by atoms with Crippen molar-refractivity contribution in [2.75, 3.05) is 0 Å². The van der Waals surface area contributed by atoms with Crippen LogP contribution in [0.1, 0.15) is 6.42 Å². The molecule has 0 unspecified atom stereocenters. The van der Waals surface area contributed by atoms with Crippen molar-refractivity contribution in [1.82, 2.24) is 5.48 Å². The van der Waals surface area contributed by atoms with Crippen molar-refractivity contribution in [1.29, 1.82) is 0 Å². The fraction of sp³-hybridized carbons (Fsp3) is 0.200. The summed E-state index contributed by atoms with van der Waals surface area (Å²) in [5.74, 6) is 0.640. The molecule has 0 aromatic carbocycles. The minimum atomic E-state index is 0.640. The Balaban J connectivity index is 2.37. The van der Waals surface area contributed by atoms with Crippen LogP contribution in [0.5, 0.6) is 0 Å². The molecule has 0 aromatic heterocycles. The maximum atomic E-state index is 4.55. The standard InChI is InChI=1S/C5H5N3O/c1-2-4-5(6-3-1)8-9-7-4/h2-3,7H,1H2. The monoisotopic (exact) mass is 123 g/mol. The number of dihydropyridines is 1. The zero-order chi connectivity index (χ0) is 6.10. The van der Waals surface area contributed by atoms with E-state index in [-0.39, 0.29) is 0 Å². The predicted molar refractivity (Wildman–Crippen MR) is 32.8 cm³/mol. The molecule has 0 fully saturated rings. The Labute approximate surface area is 51.9 Å². The smallest absolute Gasteiger partial charge is 0.220 e. The first kappa shape index (κ1) is 4.55. The number of hydrogen-bond donors (Lipinski definition) is 1. The number of aliphatic imine (C=N–C) groups is 1. The molecule has 4 heteroatoms. The van der Waals surface area contributed by atoms with E-state index in [0.29, 0.717) is 5.84 Å².